The Kier molecular flexibility index (Phi) is 11.9. The van der Waals surface area contributed by atoms with E-state index in [1.807, 2.05) is 0 Å². The van der Waals surface area contributed by atoms with Crippen molar-refractivity contribution in [3.05, 3.63) is 64.7 Å². The van der Waals surface area contributed by atoms with Gasteiger partial charge in [-0.05, 0) is 47.4 Å². The lowest BCUT2D eigenvalue weighted by Crippen LogP contribution is -2.35. The van der Waals surface area contributed by atoms with Crippen LogP contribution in [0, 0.1) is 0 Å². The molecule has 0 saturated heterocycles. The number of nitrogens with one attached hydrogen (secondary N) is 1. The number of nitrogens with zero attached hydrogens (tertiary/aromatic N) is 2. The molecule has 0 saturated carbocycles. The summed E-state index contributed by atoms with van der Waals surface area (Å²) in [6, 6.07) is 10.1. The van der Waals surface area contributed by atoms with E-state index in [0.29, 0.717) is 23.1 Å². The summed E-state index contributed by atoms with van der Waals surface area (Å²) in [5.41, 5.74) is 1.50. The van der Waals surface area contributed by atoms with Crippen LogP contribution in [-0.4, -0.2) is 101 Å². The fourth-order valence-corrected chi connectivity index (χ4v) is 4.48. The number of hydrogen-bond donors (Lipinski definition) is 6. The molecule has 0 fully saturated rings. The second kappa shape index (κ2) is 14.8. The number of amides is 1. The van der Waals surface area contributed by atoms with Gasteiger partial charge >= 0.3 is 23.9 Å². The number of sulfonamides is 1. The molecule has 0 bridgehead atoms. The molecule has 2 rings (SSSR count). The van der Waals surface area contributed by atoms with Crippen molar-refractivity contribution in [2.45, 2.75) is 24.4 Å². The third kappa shape index (κ3) is 12.1. The van der Waals surface area contributed by atoms with Gasteiger partial charge in [0.2, 0.25) is 10.0 Å². The van der Waals surface area contributed by atoms with Crippen LogP contribution in [0.25, 0.3) is 0 Å². The van der Waals surface area contributed by atoms with Gasteiger partial charge in [-0.2, -0.15) is 0 Å². The number of hydrogen-bond acceptors (Lipinski definition) is 9. The Morgan fingerprint density at radius 3 is 1.46 bits per heavy atom. The maximum absolute atomic E-state index is 13.0. The predicted octanol–water partition coefficient (Wildman–Crippen LogP) is -0.751. The van der Waals surface area contributed by atoms with E-state index in [1.165, 1.54) is 30.3 Å². The van der Waals surface area contributed by atoms with Crippen molar-refractivity contribution in [1.82, 2.24) is 15.1 Å². The summed E-state index contributed by atoms with van der Waals surface area (Å²) in [5, 5.41) is 44.4. The molecule has 222 valence electrons. The maximum atomic E-state index is 13.0. The lowest BCUT2D eigenvalue weighted by atomic mass is 10.0. The van der Waals surface area contributed by atoms with E-state index in [9.17, 15) is 32.4 Å². The molecule has 41 heavy (non-hydrogen) atoms. The molecule has 16 heteroatoms. The SMILES string of the molecule is NS(=O)(=O)c1ccc(CCNC(=O)c2cc(CN(CC(=O)O)CC(=O)O)cc(CN(CC(=O)O)CC(=O)O)c2)cc1. The number of nitrogens with two attached hydrogens (primary N) is 1. The molecular formula is C25H30N4O11S. The van der Waals surface area contributed by atoms with Crippen molar-refractivity contribution in [1.29, 1.82) is 0 Å². The van der Waals surface area contributed by atoms with Crippen LogP contribution >= 0.6 is 0 Å². The predicted molar refractivity (Wildman–Crippen MR) is 141 cm³/mol. The molecule has 0 heterocycles. The molecule has 0 aliphatic carbocycles. The van der Waals surface area contributed by atoms with Crippen molar-refractivity contribution in [3.8, 4) is 0 Å². The van der Waals surface area contributed by atoms with Gasteiger partial charge < -0.3 is 25.7 Å². The molecule has 2 aromatic carbocycles. The lowest BCUT2D eigenvalue weighted by molar-refractivity contribution is -0.144. The summed E-state index contributed by atoms with van der Waals surface area (Å²) < 4.78 is 22.8. The van der Waals surface area contributed by atoms with Gasteiger partial charge in [-0.25, -0.2) is 13.6 Å². The van der Waals surface area contributed by atoms with E-state index in [2.05, 4.69) is 5.32 Å². The quantitative estimate of drug-likeness (QED) is 0.132. The van der Waals surface area contributed by atoms with Crippen LogP contribution in [-0.2, 0) is 48.7 Å². The third-order valence-electron chi connectivity index (χ3n) is 5.51. The van der Waals surface area contributed by atoms with Crippen LogP contribution in [0.2, 0.25) is 0 Å². The topological polar surface area (TPSA) is 245 Å². The first-order valence-electron chi connectivity index (χ1n) is 12.0. The lowest BCUT2D eigenvalue weighted by Gasteiger charge is -2.21. The highest BCUT2D eigenvalue weighted by Gasteiger charge is 2.19. The summed E-state index contributed by atoms with van der Waals surface area (Å²) in [4.78, 5) is 60.1. The van der Waals surface area contributed by atoms with E-state index < -0.39 is 66.0 Å². The van der Waals surface area contributed by atoms with Gasteiger partial charge in [-0.1, -0.05) is 18.2 Å². The molecule has 0 aromatic heterocycles. The van der Waals surface area contributed by atoms with E-state index in [-0.39, 0.29) is 30.1 Å². The van der Waals surface area contributed by atoms with Gasteiger partial charge in [0.25, 0.3) is 5.91 Å². The number of aliphatic carboxylic acids is 4. The Hall–Kier alpha value is -4.38. The first-order chi connectivity index (χ1) is 19.1. The zero-order valence-corrected chi connectivity index (χ0v) is 22.5. The van der Waals surface area contributed by atoms with Gasteiger partial charge in [-0.3, -0.25) is 33.8 Å². The standard InChI is InChI=1S/C25H30N4O11S/c26-41(39,40)20-3-1-16(2-4-20)5-6-27-25(38)19-8-17(10-28(12-21(30)31)13-22(32)33)7-18(9-19)11-29(14-23(34)35)15-24(36)37/h1-4,7-9H,5-6,10-15H2,(H,27,38)(H,30,31)(H,32,33)(H,34,35)(H,36,37)(H2,26,39,40). The van der Waals surface area contributed by atoms with Crippen molar-refractivity contribution in [2.75, 3.05) is 32.7 Å². The van der Waals surface area contributed by atoms with E-state index >= 15 is 0 Å². The van der Waals surface area contributed by atoms with Crippen LogP contribution in [0.5, 0.6) is 0 Å². The maximum Gasteiger partial charge on any atom is 0.317 e. The zero-order chi connectivity index (χ0) is 30.7. The second-order valence-electron chi connectivity index (χ2n) is 9.10. The number of carboxylic acids is 4. The summed E-state index contributed by atoms with van der Waals surface area (Å²) in [6.07, 6.45) is 0.333. The van der Waals surface area contributed by atoms with Gasteiger partial charge in [0.15, 0.2) is 0 Å². The van der Waals surface area contributed by atoms with Crippen molar-refractivity contribution < 1.29 is 52.8 Å². The van der Waals surface area contributed by atoms with Crippen LogP contribution in [0.4, 0.5) is 0 Å². The number of carbonyl (C=O) groups is 5. The molecule has 0 atom stereocenters. The summed E-state index contributed by atoms with van der Waals surface area (Å²) in [7, 11) is -3.85. The highest BCUT2D eigenvalue weighted by Crippen LogP contribution is 2.16. The van der Waals surface area contributed by atoms with Crippen LogP contribution in [0.3, 0.4) is 0 Å². The molecule has 0 unspecified atom stereocenters. The molecule has 0 aliphatic rings. The van der Waals surface area contributed by atoms with Crippen molar-refractivity contribution in [2.24, 2.45) is 5.14 Å². The van der Waals surface area contributed by atoms with Crippen LogP contribution < -0.4 is 10.5 Å². The average Bonchev–Trinajstić information content (AvgIpc) is 2.82. The summed E-state index contributed by atoms with van der Waals surface area (Å²) >= 11 is 0. The van der Waals surface area contributed by atoms with Gasteiger partial charge in [0.1, 0.15) is 0 Å². The molecule has 1 amide bonds. The molecule has 15 nitrogen and oxygen atoms in total. The minimum absolute atomic E-state index is 0.0608. The number of carboxylic acid groups (broad SMARTS) is 4. The Bertz CT molecular complexity index is 1310. The first-order valence-corrected chi connectivity index (χ1v) is 13.5. The van der Waals surface area contributed by atoms with Gasteiger partial charge in [-0.15, -0.1) is 0 Å². The molecule has 0 radical (unpaired) electrons. The summed E-state index contributed by atoms with van der Waals surface area (Å²) in [5.74, 6) is -5.64. The van der Waals surface area contributed by atoms with Crippen LogP contribution in [0.1, 0.15) is 27.0 Å². The van der Waals surface area contributed by atoms with Crippen molar-refractivity contribution >= 4 is 39.8 Å². The molecule has 0 aliphatic heterocycles. The Balaban J connectivity index is 2.29. The molecule has 2 aromatic rings. The third-order valence-corrected chi connectivity index (χ3v) is 6.44. The monoisotopic (exact) mass is 594 g/mol. The van der Waals surface area contributed by atoms with Crippen molar-refractivity contribution in [3.63, 3.8) is 0 Å². The summed E-state index contributed by atoms with van der Waals surface area (Å²) in [6.45, 7) is -2.64. The van der Waals surface area contributed by atoms with E-state index in [4.69, 9.17) is 25.6 Å². The normalized spacial score (nSPS) is 11.4. The van der Waals surface area contributed by atoms with Gasteiger partial charge in [0, 0.05) is 25.2 Å². The highest BCUT2D eigenvalue weighted by molar-refractivity contribution is 7.89. The average molecular weight is 595 g/mol. The first kappa shape index (κ1) is 32.8. The van der Waals surface area contributed by atoms with E-state index in [0.717, 1.165) is 9.80 Å². The Morgan fingerprint density at radius 2 is 1.10 bits per heavy atom. The largest absolute Gasteiger partial charge is 0.480 e. The molecule has 0 spiro atoms. The minimum Gasteiger partial charge on any atom is -0.480 e. The molecular weight excluding hydrogens is 564 g/mol. The highest BCUT2D eigenvalue weighted by atomic mass is 32.2. The number of rotatable bonds is 17. The fraction of sp³-hybridized carbons (Fsp3) is 0.320. The smallest absolute Gasteiger partial charge is 0.317 e. The fourth-order valence-electron chi connectivity index (χ4n) is 3.96. The van der Waals surface area contributed by atoms with Gasteiger partial charge in [0.05, 0.1) is 31.1 Å². The number of benzene rings is 2. The Labute approximate surface area is 234 Å². The number of primary sulfonamides is 1. The Morgan fingerprint density at radius 1 is 0.683 bits per heavy atom. The number of carbonyl (C=O) groups excluding carboxylic acids is 1. The zero-order valence-electron chi connectivity index (χ0n) is 21.7. The van der Waals surface area contributed by atoms with E-state index in [1.54, 1.807) is 12.1 Å². The second-order valence-corrected chi connectivity index (χ2v) is 10.7. The van der Waals surface area contributed by atoms with Crippen LogP contribution in [0.15, 0.2) is 47.4 Å². The molecule has 7 N–H and O–H groups in total. The minimum atomic E-state index is -3.85.